The van der Waals surface area contributed by atoms with Gasteiger partial charge in [-0.15, -0.1) is 0 Å². The Bertz CT molecular complexity index is 553. The minimum atomic E-state index is 0.363. The quantitative estimate of drug-likeness (QED) is 0.753. The van der Waals surface area contributed by atoms with Gasteiger partial charge >= 0.3 is 0 Å². The van der Waals surface area contributed by atoms with Gasteiger partial charge in [0.1, 0.15) is 0 Å². The third kappa shape index (κ3) is 2.70. The van der Waals surface area contributed by atoms with Crippen LogP contribution in [0.1, 0.15) is 18.4 Å². The molecule has 0 spiro atoms. The Hall–Kier alpha value is -0.860. The molecule has 0 unspecified atom stereocenters. The summed E-state index contributed by atoms with van der Waals surface area (Å²) in [7, 11) is 0. The lowest BCUT2D eigenvalue weighted by atomic mass is 9.76. The van der Waals surface area contributed by atoms with Crippen molar-refractivity contribution in [2.24, 2.45) is 5.41 Å². The molecule has 2 heteroatoms. The molecule has 19 heavy (non-hydrogen) atoms. The minimum absolute atomic E-state index is 0.363. The zero-order chi connectivity index (χ0) is 13.1. The van der Waals surface area contributed by atoms with Crippen LogP contribution in [0.2, 0.25) is 0 Å². The summed E-state index contributed by atoms with van der Waals surface area (Å²) in [4.78, 5) is 0. The Morgan fingerprint density at radius 3 is 2.53 bits per heavy atom. The number of rotatable bonds is 3. The van der Waals surface area contributed by atoms with Crippen LogP contribution in [0.15, 0.2) is 42.5 Å². The van der Waals surface area contributed by atoms with Crippen molar-refractivity contribution >= 4 is 26.7 Å². The van der Waals surface area contributed by atoms with E-state index >= 15 is 0 Å². The maximum atomic E-state index is 5.53. The Morgan fingerprint density at radius 2 is 1.74 bits per heavy atom. The lowest BCUT2D eigenvalue weighted by Gasteiger charge is -2.36. The summed E-state index contributed by atoms with van der Waals surface area (Å²) in [5, 5.41) is 3.81. The van der Waals surface area contributed by atoms with Gasteiger partial charge in [0.25, 0.3) is 0 Å². The standard InChI is InChI=1S/C17H19BrO/c18-13-17(8-10-19-11-9-17)12-15-6-3-5-14-4-1-2-7-16(14)15/h1-7H,8-13H2. The maximum Gasteiger partial charge on any atom is 0.0471 e. The van der Waals surface area contributed by atoms with Crippen LogP contribution in [0.3, 0.4) is 0 Å². The Balaban J connectivity index is 1.96. The van der Waals surface area contributed by atoms with Crippen LogP contribution in [0.4, 0.5) is 0 Å². The van der Waals surface area contributed by atoms with Gasteiger partial charge in [0.05, 0.1) is 0 Å². The van der Waals surface area contributed by atoms with E-state index in [1.807, 2.05) is 0 Å². The molecule has 0 atom stereocenters. The molecule has 2 aromatic carbocycles. The molecule has 0 aliphatic carbocycles. The highest BCUT2D eigenvalue weighted by Gasteiger charge is 2.32. The van der Waals surface area contributed by atoms with Crippen molar-refractivity contribution in [2.75, 3.05) is 18.5 Å². The molecule has 1 fully saturated rings. The fourth-order valence-corrected chi connectivity index (χ4v) is 3.77. The molecule has 1 aliphatic rings. The van der Waals surface area contributed by atoms with Crippen molar-refractivity contribution in [1.29, 1.82) is 0 Å². The van der Waals surface area contributed by atoms with Gasteiger partial charge in [0.15, 0.2) is 0 Å². The number of halogens is 1. The van der Waals surface area contributed by atoms with Crippen LogP contribution in [0.25, 0.3) is 10.8 Å². The second-order valence-electron chi connectivity index (χ2n) is 5.56. The Kier molecular flexibility index (Phi) is 3.90. The summed E-state index contributed by atoms with van der Waals surface area (Å²) in [6.07, 6.45) is 3.45. The molecule has 1 aliphatic heterocycles. The molecule has 1 saturated heterocycles. The molecular formula is C17H19BrO. The molecule has 1 heterocycles. The first-order valence-corrected chi connectivity index (χ1v) is 8.06. The summed E-state index contributed by atoms with van der Waals surface area (Å²) in [6, 6.07) is 15.3. The average Bonchev–Trinajstić information content (AvgIpc) is 2.49. The van der Waals surface area contributed by atoms with E-state index in [9.17, 15) is 0 Å². The van der Waals surface area contributed by atoms with Crippen molar-refractivity contribution in [3.05, 3.63) is 48.0 Å². The van der Waals surface area contributed by atoms with Gasteiger partial charge in [-0.3, -0.25) is 0 Å². The fraction of sp³-hybridized carbons (Fsp3) is 0.412. The van der Waals surface area contributed by atoms with E-state index in [0.29, 0.717) is 5.41 Å². The van der Waals surface area contributed by atoms with Crippen LogP contribution < -0.4 is 0 Å². The number of ether oxygens (including phenoxy) is 1. The monoisotopic (exact) mass is 318 g/mol. The molecule has 100 valence electrons. The fourth-order valence-electron chi connectivity index (χ4n) is 3.01. The zero-order valence-electron chi connectivity index (χ0n) is 11.1. The normalized spacial score (nSPS) is 18.6. The maximum absolute atomic E-state index is 5.53. The third-order valence-corrected chi connectivity index (χ3v) is 5.47. The first-order valence-electron chi connectivity index (χ1n) is 6.93. The lowest BCUT2D eigenvalue weighted by molar-refractivity contribution is 0.0271. The van der Waals surface area contributed by atoms with Crippen molar-refractivity contribution in [3.8, 4) is 0 Å². The summed E-state index contributed by atoms with van der Waals surface area (Å²) in [5.74, 6) is 0. The van der Waals surface area contributed by atoms with Crippen LogP contribution in [-0.4, -0.2) is 18.5 Å². The van der Waals surface area contributed by atoms with E-state index in [1.165, 1.54) is 16.3 Å². The summed E-state index contributed by atoms with van der Waals surface area (Å²) in [5.41, 5.74) is 1.84. The molecule has 0 N–H and O–H groups in total. The van der Waals surface area contributed by atoms with E-state index in [4.69, 9.17) is 4.74 Å². The van der Waals surface area contributed by atoms with Gasteiger partial charge in [0.2, 0.25) is 0 Å². The number of benzene rings is 2. The number of fused-ring (bicyclic) bond motifs is 1. The predicted molar refractivity (Wildman–Crippen MR) is 83.9 cm³/mol. The van der Waals surface area contributed by atoms with Gasteiger partial charge in [-0.1, -0.05) is 58.4 Å². The zero-order valence-corrected chi connectivity index (χ0v) is 12.7. The minimum Gasteiger partial charge on any atom is -0.381 e. The summed E-state index contributed by atoms with van der Waals surface area (Å²) < 4.78 is 5.53. The van der Waals surface area contributed by atoms with Gasteiger partial charge in [-0.2, -0.15) is 0 Å². The number of hydrogen-bond acceptors (Lipinski definition) is 1. The largest absolute Gasteiger partial charge is 0.381 e. The summed E-state index contributed by atoms with van der Waals surface area (Å²) >= 11 is 3.73. The number of hydrogen-bond donors (Lipinski definition) is 0. The Labute approximate surface area is 123 Å². The van der Waals surface area contributed by atoms with Crippen LogP contribution in [0, 0.1) is 5.41 Å². The van der Waals surface area contributed by atoms with Crippen molar-refractivity contribution in [3.63, 3.8) is 0 Å². The topological polar surface area (TPSA) is 9.23 Å². The van der Waals surface area contributed by atoms with Crippen LogP contribution in [0.5, 0.6) is 0 Å². The highest BCUT2D eigenvalue weighted by atomic mass is 79.9. The molecule has 2 aromatic rings. The van der Waals surface area contributed by atoms with Gasteiger partial charge in [-0.05, 0) is 41.0 Å². The molecule has 3 rings (SSSR count). The van der Waals surface area contributed by atoms with Crippen LogP contribution >= 0.6 is 15.9 Å². The summed E-state index contributed by atoms with van der Waals surface area (Å²) in [6.45, 7) is 1.80. The van der Waals surface area contributed by atoms with E-state index in [1.54, 1.807) is 0 Å². The second-order valence-corrected chi connectivity index (χ2v) is 6.12. The smallest absolute Gasteiger partial charge is 0.0471 e. The lowest BCUT2D eigenvalue weighted by Crippen LogP contribution is -2.33. The Morgan fingerprint density at radius 1 is 1.00 bits per heavy atom. The predicted octanol–water partition coefficient (Wildman–Crippen LogP) is 4.57. The van der Waals surface area contributed by atoms with Crippen molar-refractivity contribution in [1.82, 2.24) is 0 Å². The molecule has 0 amide bonds. The van der Waals surface area contributed by atoms with Gasteiger partial charge < -0.3 is 4.74 Å². The third-order valence-electron chi connectivity index (χ3n) is 4.28. The van der Waals surface area contributed by atoms with Gasteiger partial charge in [-0.25, -0.2) is 0 Å². The van der Waals surface area contributed by atoms with E-state index in [-0.39, 0.29) is 0 Å². The molecule has 1 nitrogen and oxygen atoms in total. The van der Waals surface area contributed by atoms with E-state index in [0.717, 1.165) is 37.8 Å². The highest BCUT2D eigenvalue weighted by Crippen LogP contribution is 2.37. The second kappa shape index (κ2) is 5.64. The SMILES string of the molecule is BrCC1(Cc2cccc3ccccc23)CCOCC1. The molecule has 0 saturated carbocycles. The van der Waals surface area contributed by atoms with Crippen molar-refractivity contribution in [2.45, 2.75) is 19.3 Å². The van der Waals surface area contributed by atoms with Gasteiger partial charge in [0, 0.05) is 18.5 Å². The first-order chi connectivity index (χ1) is 9.33. The van der Waals surface area contributed by atoms with E-state index in [2.05, 4.69) is 58.4 Å². The molecule has 0 aromatic heterocycles. The molecular weight excluding hydrogens is 300 g/mol. The molecule has 0 radical (unpaired) electrons. The number of alkyl halides is 1. The highest BCUT2D eigenvalue weighted by molar-refractivity contribution is 9.09. The van der Waals surface area contributed by atoms with E-state index < -0.39 is 0 Å². The van der Waals surface area contributed by atoms with Crippen LogP contribution in [-0.2, 0) is 11.2 Å². The average molecular weight is 319 g/mol. The molecule has 0 bridgehead atoms. The van der Waals surface area contributed by atoms with Crippen molar-refractivity contribution < 1.29 is 4.74 Å². The first kappa shape index (κ1) is 13.1.